The van der Waals surface area contributed by atoms with Gasteiger partial charge in [0.05, 0.1) is 17.2 Å². The topological polar surface area (TPSA) is 84.5 Å². The molecular formula is C24H26N2O4S2. The van der Waals surface area contributed by atoms with E-state index in [1.807, 2.05) is 61.7 Å². The van der Waals surface area contributed by atoms with Gasteiger partial charge >= 0.3 is 0 Å². The number of carbonyl (C=O) groups excluding carboxylic acids is 1. The van der Waals surface area contributed by atoms with Gasteiger partial charge in [0.25, 0.3) is 0 Å². The Morgan fingerprint density at radius 2 is 1.62 bits per heavy atom. The predicted octanol–water partition coefficient (Wildman–Crippen LogP) is 4.34. The molecule has 2 N–H and O–H groups in total. The zero-order valence-corrected chi connectivity index (χ0v) is 19.6. The monoisotopic (exact) mass is 470 g/mol. The normalized spacial score (nSPS) is 12.2. The summed E-state index contributed by atoms with van der Waals surface area (Å²) in [5.74, 6) is 0.156. The highest BCUT2D eigenvalue weighted by atomic mass is 32.2. The number of nitrogens with one attached hydrogen (secondary N) is 2. The van der Waals surface area contributed by atoms with E-state index in [0.29, 0.717) is 18.0 Å². The van der Waals surface area contributed by atoms with Crippen LogP contribution >= 0.6 is 11.8 Å². The van der Waals surface area contributed by atoms with E-state index in [-0.39, 0.29) is 11.3 Å². The van der Waals surface area contributed by atoms with Crippen molar-refractivity contribution in [2.24, 2.45) is 0 Å². The summed E-state index contributed by atoms with van der Waals surface area (Å²) in [5.41, 5.74) is 1.49. The number of rotatable bonds is 10. The van der Waals surface area contributed by atoms with E-state index in [4.69, 9.17) is 4.74 Å². The number of para-hydroxylation sites is 1. The van der Waals surface area contributed by atoms with Gasteiger partial charge in [-0.05, 0) is 61.6 Å². The fourth-order valence-electron chi connectivity index (χ4n) is 3.14. The van der Waals surface area contributed by atoms with Gasteiger partial charge in [-0.3, -0.25) is 4.79 Å². The highest BCUT2D eigenvalue weighted by Gasteiger charge is 2.26. The van der Waals surface area contributed by atoms with E-state index >= 15 is 0 Å². The standard InChI is InChI=1S/C24H26N2O4S2/c1-3-30-19-13-15-20(16-14-19)32(28,29)26-22(17-18-9-5-4-6-10-18)24(27)25-21-11-7-8-12-23(21)31-2/h4-16,22,26H,3,17H2,1-2H3,(H,25,27)/t22-/m1/s1. The van der Waals surface area contributed by atoms with Crippen LogP contribution in [0.25, 0.3) is 0 Å². The molecule has 0 saturated carbocycles. The van der Waals surface area contributed by atoms with Crippen LogP contribution in [0.1, 0.15) is 12.5 Å². The number of sulfonamides is 1. The van der Waals surface area contributed by atoms with Crippen LogP contribution in [0.15, 0.2) is 88.7 Å². The van der Waals surface area contributed by atoms with Crippen molar-refractivity contribution in [3.63, 3.8) is 0 Å². The summed E-state index contributed by atoms with van der Waals surface area (Å²) in [6.07, 6.45) is 2.13. The lowest BCUT2D eigenvalue weighted by Gasteiger charge is -2.20. The minimum atomic E-state index is -3.94. The van der Waals surface area contributed by atoms with E-state index in [2.05, 4.69) is 10.0 Å². The third-order valence-electron chi connectivity index (χ3n) is 4.71. The molecule has 1 atom stereocenters. The van der Waals surface area contributed by atoms with Crippen LogP contribution in [0, 0.1) is 0 Å². The molecule has 0 aromatic heterocycles. The highest BCUT2D eigenvalue weighted by molar-refractivity contribution is 7.98. The summed E-state index contributed by atoms with van der Waals surface area (Å²) in [7, 11) is -3.94. The second-order valence-corrected chi connectivity index (χ2v) is 9.52. The van der Waals surface area contributed by atoms with Crippen LogP contribution in [0.3, 0.4) is 0 Å². The molecule has 0 aliphatic carbocycles. The van der Waals surface area contributed by atoms with Gasteiger partial charge in [-0.15, -0.1) is 11.8 Å². The molecule has 0 heterocycles. The van der Waals surface area contributed by atoms with Gasteiger partial charge in [-0.25, -0.2) is 8.42 Å². The van der Waals surface area contributed by atoms with Crippen molar-refractivity contribution in [1.29, 1.82) is 0 Å². The van der Waals surface area contributed by atoms with Crippen molar-refractivity contribution in [1.82, 2.24) is 4.72 Å². The quantitative estimate of drug-likeness (QED) is 0.431. The van der Waals surface area contributed by atoms with E-state index in [9.17, 15) is 13.2 Å². The molecule has 0 spiro atoms. The van der Waals surface area contributed by atoms with Crippen LogP contribution in [-0.2, 0) is 21.2 Å². The van der Waals surface area contributed by atoms with Crippen molar-refractivity contribution >= 4 is 33.4 Å². The van der Waals surface area contributed by atoms with E-state index in [1.54, 1.807) is 18.2 Å². The van der Waals surface area contributed by atoms with Crippen molar-refractivity contribution < 1.29 is 17.9 Å². The number of benzene rings is 3. The molecule has 0 radical (unpaired) electrons. The summed E-state index contributed by atoms with van der Waals surface area (Å²) >= 11 is 1.50. The molecule has 32 heavy (non-hydrogen) atoms. The molecule has 1 amide bonds. The third-order valence-corrected chi connectivity index (χ3v) is 6.99. The van der Waals surface area contributed by atoms with Gasteiger partial charge in [-0.2, -0.15) is 4.72 Å². The van der Waals surface area contributed by atoms with Gasteiger partial charge in [0.2, 0.25) is 15.9 Å². The van der Waals surface area contributed by atoms with Gasteiger partial charge in [0.1, 0.15) is 11.8 Å². The van der Waals surface area contributed by atoms with Gasteiger partial charge in [0, 0.05) is 4.90 Å². The number of hydrogen-bond acceptors (Lipinski definition) is 5. The van der Waals surface area contributed by atoms with E-state index < -0.39 is 22.0 Å². The molecule has 0 bridgehead atoms. The fraction of sp³-hybridized carbons (Fsp3) is 0.208. The molecule has 6 nitrogen and oxygen atoms in total. The number of ether oxygens (including phenoxy) is 1. The first kappa shape index (κ1) is 23.8. The number of anilines is 1. The maximum Gasteiger partial charge on any atom is 0.242 e. The molecular weight excluding hydrogens is 444 g/mol. The SMILES string of the molecule is CCOc1ccc(S(=O)(=O)N[C@H](Cc2ccccc2)C(=O)Nc2ccccc2SC)cc1. The Balaban J connectivity index is 1.85. The molecule has 168 valence electrons. The second-order valence-electron chi connectivity index (χ2n) is 6.96. The van der Waals surface area contributed by atoms with Crippen LogP contribution in [-0.4, -0.2) is 33.2 Å². The number of thioether (sulfide) groups is 1. The summed E-state index contributed by atoms with van der Waals surface area (Å²) in [5, 5.41) is 2.87. The Kier molecular flexibility index (Phi) is 8.33. The maximum absolute atomic E-state index is 13.2. The molecule has 0 unspecified atom stereocenters. The third kappa shape index (κ3) is 6.35. The Bertz CT molecular complexity index is 1130. The fourth-order valence-corrected chi connectivity index (χ4v) is 4.89. The summed E-state index contributed by atoms with van der Waals surface area (Å²) in [4.78, 5) is 14.1. The minimum absolute atomic E-state index is 0.0660. The van der Waals surface area contributed by atoms with Gasteiger partial charge < -0.3 is 10.1 Å². The smallest absolute Gasteiger partial charge is 0.242 e. The van der Waals surface area contributed by atoms with Crippen molar-refractivity contribution in [3.05, 3.63) is 84.4 Å². The molecule has 0 fully saturated rings. The average molecular weight is 471 g/mol. The Morgan fingerprint density at radius 1 is 0.969 bits per heavy atom. The number of amides is 1. The molecule has 3 aromatic rings. The van der Waals surface area contributed by atoms with Crippen LogP contribution in [0.2, 0.25) is 0 Å². The lowest BCUT2D eigenvalue weighted by molar-refractivity contribution is -0.117. The second kappa shape index (κ2) is 11.2. The molecule has 8 heteroatoms. The Morgan fingerprint density at radius 3 is 2.28 bits per heavy atom. The van der Waals surface area contributed by atoms with Crippen molar-refractivity contribution in [3.8, 4) is 5.75 Å². The van der Waals surface area contributed by atoms with Gasteiger partial charge in [-0.1, -0.05) is 42.5 Å². The zero-order chi connectivity index (χ0) is 23.0. The largest absolute Gasteiger partial charge is 0.494 e. The highest BCUT2D eigenvalue weighted by Crippen LogP contribution is 2.25. The predicted molar refractivity (Wildman–Crippen MR) is 129 cm³/mol. The zero-order valence-electron chi connectivity index (χ0n) is 17.9. The summed E-state index contributed by atoms with van der Waals surface area (Å²) < 4.78 is 34.1. The number of hydrogen-bond donors (Lipinski definition) is 2. The molecule has 0 aliphatic rings. The lowest BCUT2D eigenvalue weighted by Crippen LogP contribution is -2.45. The lowest BCUT2D eigenvalue weighted by atomic mass is 10.1. The van der Waals surface area contributed by atoms with Crippen LogP contribution in [0.4, 0.5) is 5.69 Å². The minimum Gasteiger partial charge on any atom is -0.494 e. The molecule has 0 saturated heterocycles. The first-order valence-corrected chi connectivity index (χ1v) is 12.9. The maximum atomic E-state index is 13.2. The summed E-state index contributed by atoms with van der Waals surface area (Å²) in [6.45, 7) is 2.34. The average Bonchev–Trinajstić information content (AvgIpc) is 2.80. The van der Waals surface area contributed by atoms with Gasteiger partial charge in [0.15, 0.2) is 0 Å². The first-order valence-electron chi connectivity index (χ1n) is 10.2. The number of carbonyl (C=O) groups is 1. The summed E-state index contributed by atoms with van der Waals surface area (Å²) in [6, 6.07) is 21.8. The van der Waals surface area contributed by atoms with E-state index in [0.717, 1.165) is 10.5 Å². The van der Waals surface area contributed by atoms with Crippen LogP contribution in [0.5, 0.6) is 5.75 Å². The van der Waals surface area contributed by atoms with Crippen molar-refractivity contribution in [2.45, 2.75) is 29.2 Å². The first-order chi connectivity index (χ1) is 15.4. The van der Waals surface area contributed by atoms with Crippen LogP contribution < -0.4 is 14.8 Å². The van der Waals surface area contributed by atoms with Crippen molar-refractivity contribution in [2.75, 3.05) is 18.2 Å². The molecule has 0 aliphatic heterocycles. The van der Waals surface area contributed by atoms with E-state index in [1.165, 1.54) is 23.9 Å². The molecule has 3 rings (SSSR count). The Hall–Kier alpha value is -2.81. The molecule has 3 aromatic carbocycles. The Labute approximate surface area is 193 Å².